The molecule has 2 unspecified atom stereocenters. The van der Waals surface area contributed by atoms with E-state index in [0.29, 0.717) is 19.3 Å². The van der Waals surface area contributed by atoms with Gasteiger partial charge in [0.15, 0.2) is 0 Å². The molecule has 2 atom stereocenters. The number of esters is 1. The minimum Gasteiger partial charge on any atom is -0.465 e. The molecule has 0 aromatic heterocycles. The number of carbonyl (C=O) groups excluding carboxylic acids is 1. The molecule has 0 bridgehead atoms. The third kappa shape index (κ3) is 3.19. The van der Waals surface area contributed by atoms with E-state index < -0.39 is 0 Å². The summed E-state index contributed by atoms with van der Waals surface area (Å²) in [7, 11) is 0. The minimum atomic E-state index is -0.159. The summed E-state index contributed by atoms with van der Waals surface area (Å²) in [6.07, 6.45) is 4.48. The summed E-state index contributed by atoms with van der Waals surface area (Å²) in [6.45, 7) is 3.82. The van der Waals surface area contributed by atoms with Crippen molar-refractivity contribution in [3.63, 3.8) is 0 Å². The fourth-order valence-electron chi connectivity index (χ4n) is 2.16. The van der Waals surface area contributed by atoms with Crippen molar-refractivity contribution in [2.24, 2.45) is 5.92 Å². The molecule has 0 aromatic rings. The zero-order valence-electron chi connectivity index (χ0n) is 9.91. The Labute approximate surface area is 96.7 Å². The number of ether oxygens (including phenoxy) is 2. The normalized spacial score (nSPS) is 27.4. The zero-order valence-corrected chi connectivity index (χ0v) is 9.91. The molecular weight excluding hydrogens is 206 g/mol. The van der Waals surface area contributed by atoms with Gasteiger partial charge in [0, 0.05) is 18.6 Å². The van der Waals surface area contributed by atoms with Gasteiger partial charge in [-0.3, -0.25) is 4.79 Å². The lowest BCUT2D eigenvalue weighted by molar-refractivity contribution is -0.148. The largest absolute Gasteiger partial charge is 0.465 e. The molecule has 1 N–H and O–H groups in total. The second kappa shape index (κ2) is 5.64. The maximum atomic E-state index is 11.9. The van der Waals surface area contributed by atoms with Crippen LogP contribution >= 0.6 is 0 Å². The number of rotatable bonds is 5. The van der Waals surface area contributed by atoms with Crippen LogP contribution in [0.5, 0.6) is 0 Å². The van der Waals surface area contributed by atoms with Crippen LogP contribution < -0.4 is 5.32 Å². The highest BCUT2D eigenvalue weighted by Gasteiger charge is 2.35. The standard InChI is InChI=1S/C12H21NO3/c1-2-16-12(14)11(13-10-5-6-10)9-4-3-7-15-8-9/h9-11,13H,2-8H2,1H3. The van der Waals surface area contributed by atoms with Crippen molar-refractivity contribution < 1.29 is 14.3 Å². The molecule has 2 rings (SSSR count). The Kier molecular flexibility index (Phi) is 4.18. The molecule has 0 radical (unpaired) electrons. The van der Waals surface area contributed by atoms with E-state index in [0.717, 1.165) is 19.4 Å². The van der Waals surface area contributed by atoms with Gasteiger partial charge in [-0.1, -0.05) is 0 Å². The maximum absolute atomic E-state index is 11.9. The lowest BCUT2D eigenvalue weighted by Gasteiger charge is -2.29. The first-order chi connectivity index (χ1) is 7.81. The van der Waals surface area contributed by atoms with Crippen LogP contribution in [0, 0.1) is 5.92 Å². The monoisotopic (exact) mass is 227 g/mol. The van der Waals surface area contributed by atoms with E-state index in [1.54, 1.807) is 0 Å². The molecule has 1 aliphatic heterocycles. The van der Waals surface area contributed by atoms with Gasteiger partial charge in [0.25, 0.3) is 0 Å². The van der Waals surface area contributed by atoms with Gasteiger partial charge in [0.2, 0.25) is 0 Å². The molecule has 1 saturated carbocycles. The summed E-state index contributed by atoms with van der Waals surface area (Å²) in [5.41, 5.74) is 0. The van der Waals surface area contributed by atoms with Crippen molar-refractivity contribution in [3.8, 4) is 0 Å². The van der Waals surface area contributed by atoms with Gasteiger partial charge in [-0.05, 0) is 32.6 Å². The Morgan fingerprint density at radius 2 is 2.31 bits per heavy atom. The van der Waals surface area contributed by atoms with Gasteiger partial charge in [-0.2, -0.15) is 0 Å². The Morgan fingerprint density at radius 3 is 2.88 bits per heavy atom. The number of nitrogens with one attached hydrogen (secondary N) is 1. The molecule has 0 amide bonds. The van der Waals surface area contributed by atoms with Crippen LogP contribution in [0.2, 0.25) is 0 Å². The third-order valence-corrected chi connectivity index (χ3v) is 3.20. The molecular formula is C12H21NO3. The highest BCUT2D eigenvalue weighted by atomic mass is 16.5. The first-order valence-electron chi connectivity index (χ1n) is 6.31. The van der Waals surface area contributed by atoms with E-state index in [1.807, 2.05) is 6.92 Å². The molecule has 2 fully saturated rings. The predicted octanol–water partition coefficient (Wildman–Crippen LogP) is 1.10. The second-order valence-corrected chi connectivity index (χ2v) is 4.65. The number of hydrogen-bond donors (Lipinski definition) is 1. The molecule has 92 valence electrons. The van der Waals surface area contributed by atoms with Crippen molar-refractivity contribution in [3.05, 3.63) is 0 Å². The number of hydrogen-bond acceptors (Lipinski definition) is 4. The van der Waals surface area contributed by atoms with Crippen molar-refractivity contribution in [2.45, 2.75) is 44.7 Å². The summed E-state index contributed by atoms with van der Waals surface area (Å²) in [5, 5.41) is 3.39. The van der Waals surface area contributed by atoms with Crippen molar-refractivity contribution in [1.82, 2.24) is 5.32 Å². The lowest BCUT2D eigenvalue weighted by atomic mass is 9.93. The molecule has 0 aromatic carbocycles. The van der Waals surface area contributed by atoms with Gasteiger partial charge in [-0.25, -0.2) is 0 Å². The molecule has 1 aliphatic carbocycles. The fraction of sp³-hybridized carbons (Fsp3) is 0.917. The van der Waals surface area contributed by atoms with Crippen LogP contribution in [0.1, 0.15) is 32.6 Å². The van der Waals surface area contributed by atoms with Crippen LogP contribution in [0.4, 0.5) is 0 Å². The van der Waals surface area contributed by atoms with Crippen molar-refractivity contribution >= 4 is 5.97 Å². The molecule has 4 heteroatoms. The average molecular weight is 227 g/mol. The van der Waals surface area contributed by atoms with E-state index in [1.165, 1.54) is 12.8 Å². The first-order valence-corrected chi connectivity index (χ1v) is 6.31. The first kappa shape index (κ1) is 11.9. The fourth-order valence-corrected chi connectivity index (χ4v) is 2.16. The topological polar surface area (TPSA) is 47.6 Å². The van der Waals surface area contributed by atoms with E-state index >= 15 is 0 Å². The van der Waals surface area contributed by atoms with E-state index in [9.17, 15) is 4.79 Å². The third-order valence-electron chi connectivity index (χ3n) is 3.20. The maximum Gasteiger partial charge on any atom is 0.323 e. The molecule has 4 nitrogen and oxygen atoms in total. The highest BCUT2D eigenvalue weighted by Crippen LogP contribution is 2.24. The molecule has 16 heavy (non-hydrogen) atoms. The second-order valence-electron chi connectivity index (χ2n) is 4.65. The zero-order chi connectivity index (χ0) is 11.4. The minimum absolute atomic E-state index is 0.107. The summed E-state index contributed by atoms with van der Waals surface area (Å²) in [6, 6.07) is 0.365. The summed E-state index contributed by atoms with van der Waals surface area (Å²) >= 11 is 0. The summed E-state index contributed by atoms with van der Waals surface area (Å²) < 4.78 is 10.6. The van der Waals surface area contributed by atoms with Gasteiger partial charge < -0.3 is 14.8 Å². The molecule has 1 saturated heterocycles. The summed E-state index contributed by atoms with van der Waals surface area (Å²) in [4.78, 5) is 11.9. The Morgan fingerprint density at radius 1 is 1.50 bits per heavy atom. The van der Waals surface area contributed by atoms with E-state index in [-0.39, 0.29) is 17.9 Å². The quantitative estimate of drug-likeness (QED) is 0.714. The molecule has 0 spiro atoms. The van der Waals surface area contributed by atoms with E-state index in [2.05, 4.69) is 5.32 Å². The van der Waals surface area contributed by atoms with Crippen molar-refractivity contribution in [1.29, 1.82) is 0 Å². The highest BCUT2D eigenvalue weighted by molar-refractivity contribution is 5.76. The van der Waals surface area contributed by atoms with Crippen LogP contribution in [0.15, 0.2) is 0 Å². The van der Waals surface area contributed by atoms with Crippen LogP contribution in [-0.4, -0.2) is 37.9 Å². The molecule has 1 heterocycles. The Balaban J connectivity index is 1.91. The molecule has 2 aliphatic rings. The van der Waals surface area contributed by atoms with Crippen LogP contribution in [0.25, 0.3) is 0 Å². The smallest absolute Gasteiger partial charge is 0.323 e. The Bertz CT molecular complexity index is 234. The predicted molar refractivity (Wildman–Crippen MR) is 60.1 cm³/mol. The van der Waals surface area contributed by atoms with Gasteiger partial charge >= 0.3 is 5.97 Å². The van der Waals surface area contributed by atoms with E-state index in [4.69, 9.17) is 9.47 Å². The summed E-state index contributed by atoms with van der Waals surface area (Å²) in [5.74, 6) is 0.179. The SMILES string of the molecule is CCOC(=O)C(NC1CC1)C1CCCOC1. The number of carbonyl (C=O) groups is 1. The van der Waals surface area contributed by atoms with Gasteiger partial charge in [0.05, 0.1) is 13.2 Å². The van der Waals surface area contributed by atoms with Gasteiger partial charge in [-0.15, -0.1) is 0 Å². The van der Waals surface area contributed by atoms with Crippen LogP contribution in [0.3, 0.4) is 0 Å². The lowest BCUT2D eigenvalue weighted by Crippen LogP contribution is -2.47. The van der Waals surface area contributed by atoms with Crippen molar-refractivity contribution in [2.75, 3.05) is 19.8 Å². The average Bonchev–Trinajstić information content (AvgIpc) is 3.11. The Hall–Kier alpha value is -0.610. The van der Waals surface area contributed by atoms with Gasteiger partial charge in [0.1, 0.15) is 6.04 Å². The van der Waals surface area contributed by atoms with Crippen LogP contribution in [-0.2, 0) is 14.3 Å².